The van der Waals surface area contributed by atoms with Crippen molar-refractivity contribution in [2.45, 2.75) is 59.5 Å². The van der Waals surface area contributed by atoms with Crippen molar-refractivity contribution in [2.75, 3.05) is 19.6 Å². The lowest BCUT2D eigenvalue weighted by molar-refractivity contribution is 0.260. The highest BCUT2D eigenvalue weighted by molar-refractivity contribution is 4.80. The average molecular weight is 226 g/mol. The molecule has 0 aliphatic carbocycles. The highest BCUT2D eigenvalue weighted by atomic mass is 15.2. The predicted octanol–water partition coefficient (Wildman–Crippen LogP) is 2.74. The molecule has 0 aromatic carbocycles. The molecule has 1 aliphatic heterocycles. The van der Waals surface area contributed by atoms with Crippen molar-refractivity contribution >= 4 is 0 Å². The van der Waals surface area contributed by atoms with Crippen LogP contribution in [0.15, 0.2) is 0 Å². The van der Waals surface area contributed by atoms with Gasteiger partial charge in [-0.1, -0.05) is 20.8 Å². The van der Waals surface area contributed by atoms with Crippen LogP contribution in [0.5, 0.6) is 0 Å². The van der Waals surface area contributed by atoms with Gasteiger partial charge in [-0.05, 0) is 51.6 Å². The van der Waals surface area contributed by atoms with E-state index in [4.69, 9.17) is 0 Å². The molecule has 2 heteroatoms. The molecule has 0 radical (unpaired) electrons. The molecule has 0 aromatic rings. The lowest BCUT2D eigenvalue weighted by atomic mass is 10.0. The quantitative estimate of drug-likeness (QED) is 0.749. The standard InChI is InChI=1S/C14H30N2/c1-6-14(11(2)3)15-9-13-7-8-16(10-13)12(4)5/h11-15H,6-10H2,1-5H3. The number of likely N-dealkylation sites (tertiary alicyclic amines) is 1. The number of nitrogens with one attached hydrogen (secondary N) is 1. The number of nitrogens with zero attached hydrogens (tertiary/aromatic N) is 1. The van der Waals surface area contributed by atoms with Crippen LogP contribution in [0.25, 0.3) is 0 Å². The molecule has 2 unspecified atom stereocenters. The maximum Gasteiger partial charge on any atom is 0.00875 e. The molecule has 0 amide bonds. The topological polar surface area (TPSA) is 15.3 Å². The first-order chi connectivity index (χ1) is 7.54. The van der Waals surface area contributed by atoms with Gasteiger partial charge in [-0.3, -0.25) is 0 Å². The summed E-state index contributed by atoms with van der Waals surface area (Å²) in [6.45, 7) is 15.3. The Morgan fingerprint density at radius 2 is 1.94 bits per heavy atom. The zero-order chi connectivity index (χ0) is 12.1. The summed E-state index contributed by atoms with van der Waals surface area (Å²) in [6.07, 6.45) is 2.62. The van der Waals surface area contributed by atoms with Gasteiger partial charge in [0, 0.05) is 18.6 Å². The SMILES string of the molecule is CCC(NCC1CCN(C(C)C)C1)C(C)C. The normalized spacial score (nSPS) is 24.6. The van der Waals surface area contributed by atoms with Gasteiger partial charge in [0.05, 0.1) is 0 Å². The second kappa shape index (κ2) is 6.61. The van der Waals surface area contributed by atoms with Crippen LogP contribution in [-0.2, 0) is 0 Å². The number of hydrogen-bond acceptors (Lipinski definition) is 2. The van der Waals surface area contributed by atoms with Gasteiger partial charge >= 0.3 is 0 Å². The zero-order valence-electron chi connectivity index (χ0n) is 11.8. The van der Waals surface area contributed by atoms with Gasteiger partial charge in [-0.25, -0.2) is 0 Å². The van der Waals surface area contributed by atoms with Crippen LogP contribution in [0.2, 0.25) is 0 Å². The Balaban J connectivity index is 2.24. The van der Waals surface area contributed by atoms with Crippen molar-refractivity contribution in [2.24, 2.45) is 11.8 Å². The average Bonchev–Trinajstić information content (AvgIpc) is 2.67. The van der Waals surface area contributed by atoms with E-state index in [2.05, 4.69) is 44.8 Å². The molecule has 2 atom stereocenters. The zero-order valence-corrected chi connectivity index (χ0v) is 11.8. The Bertz CT molecular complexity index is 189. The van der Waals surface area contributed by atoms with E-state index >= 15 is 0 Å². The molecule has 0 aromatic heterocycles. The fourth-order valence-electron chi connectivity index (χ4n) is 2.67. The summed E-state index contributed by atoms with van der Waals surface area (Å²) in [7, 11) is 0. The van der Waals surface area contributed by atoms with Crippen molar-refractivity contribution in [3.8, 4) is 0 Å². The van der Waals surface area contributed by atoms with Crippen molar-refractivity contribution in [3.63, 3.8) is 0 Å². The molecule has 1 N–H and O–H groups in total. The minimum absolute atomic E-state index is 0.702. The maximum absolute atomic E-state index is 3.74. The molecular formula is C14H30N2. The molecule has 1 rings (SSSR count). The van der Waals surface area contributed by atoms with Gasteiger partial charge in [0.2, 0.25) is 0 Å². The highest BCUT2D eigenvalue weighted by Crippen LogP contribution is 2.18. The van der Waals surface area contributed by atoms with Crippen LogP contribution >= 0.6 is 0 Å². The molecule has 1 heterocycles. The third-order valence-electron chi connectivity index (χ3n) is 3.96. The minimum Gasteiger partial charge on any atom is -0.313 e. The molecule has 1 fully saturated rings. The summed E-state index contributed by atoms with van der Waals surface area (Å²) >= 11 is 0. The van der Waals surface area contributed by atoms with Gasteiger partial charge in [0.25, 0.3) is 0 Å². The summed E-state index contributed by atoms with van der Waals surface area (Å²) < 4.78 is 0. The lowest BCUT2D eigenvalue weighted by Crippen LogP contribution is -2.37. The molecule has 16 heavy (non-hydrogen) atoms. The summed E-state index contributed by atoms with van der Waals surface area (Å²) in [5.41, 5.74) is 0. The van der Waals surface area contributed by atoms with Crippen LogP contribution in [0.1, 0.15) is 47.5 Å². The van der Waals surface area contributed by atoms with Crippen LogP contribution in [0.4, 0.5) is 0 Å². The molecule has 0 bridgehead atoms. The molecule has 2 nitrogen and oxygen atoms in total. The first kappa shape index (κ1) is 14.0. The Kier molecular flexibility index (Phi) is 5.77. The van der Waals surface area contributed by atoms with Gasteiger partial charge < -0.3 is 10.2 Å². The van der Waals surface area contributed by atoms with Crippen molar-refractivity contribution in [1.82, 2.24) is 10.2 Å². The van der Waals surface area contributed by atoms with E-state index in [-0.39, 0.29) is 0 Å². The molecule has 96 valence electrons. The van der Waals surface area contributed by atoms with Crippen LogP contribution in [-0.4, -0.2) is 36.6 Å². The number of hydrogen-bond donors (Lipinski definition) is 1. The summed E-state index contributed by atoms with van der Waals surface area (Å²) in [5.74, 6) is 1.63. The van der Waals surface area contributed by atoms with Gasteiger partial charge in [-0.15, -0.1) is 0 Å². The van der Waals surface area contributed by atoms with Gasteiger partial charge in [-0.2, -0.15) is 0 Å². The molecule has 0 spiro atoms. The van der Waals surface area contributed by atoms with E-state index < -0.39 is 0 Å². The van der Waals surface area contributed by atoms with Crippen LogP contribution in [0.3, 0.4) is 0 Å². The third kappa shape index (κ3) is 4.06. The summed E-state index contributed by atoms with van der Waals surface area (Å²) in [5, 5.41) is 3.74. The van der Waals surface area contributed by atoms with Gasteiger partial charge in [0.15, 0.2) is 0 Å². The van der Waals surface area contributed by atoms with E-state index in [0.717, 1.165) is 17.9 Å². The first-order valence-corrected chi connectivity index (χ1v) is 7.02. The smallest absolute Gasteiger partial charge is 0.00875 e. The Hall–Kier alpha value is -0.0800. The number of rotatable bonds is 6. The Labute approximate surface area is 102 Å². The summed E-state index contributed by atoms with van der Waals surface area (Å²) in [4.78, 5) is 2.60. The Morgan fingerprint density at radius 3 is 2.38 bits per heavy atom. The van der Waals surface area contributed by atoms with Crippen molar-refractivity contribution < 1.29 is 0 Å². The second-order valence-corrected chi connectivity index (χ2v) is 5.91. The highest BCUT2D eigenvalue weighted by Gasteiger charge is 2.24. The first-order valence-electron chi connectivity index (χ1n) is 7.02. The molecular weight excluding hydrogens is 196 g/mol. The Morgan fingerprint density at radius 1 is 1.25 bits per heavy atom. The van der Waals surface area contributed by atoms with Crippen LogP contribution in [0, 0.1) is 11.8 Å². The minimum atomic E-state index is 0.702. The van der Waals surface area contributed by atoms with E-state index in [0.29, 0.717) is 6.04 Å². The van der Waals surface area contributed by atoms with E-state index in [1.54, 1.807) is 0 Å². The van der Waals surface area contributed by atoms with Crippen molar-refractivity contribution in [3.05, 3.63) is 0 Å². The monoisotopic (exact) mass is 226 g/mol. The van der Waals surface area contributed by atoms with Crippen molar-refractivity contribution in [1.29, 1.82) is 0 Å². The molecule has 1 saturated heterocycles. The molecule has 1 aliphatic rings. The van der Waals surface area contributed by atoms with E-state index in [1.807, 2.05) is 0 Å². The van der Waals surface area contributed by atoms with E-state index in [9.17, 15) is 0 Å². The summed E-state index contributed by atoms with van der Waals surface area (Å²) in [6, 6.07) is 1.42. The van der Waals surface area contributed by atoms with Crippen LogP contribution < -0.4 is 5.32 Å². The largest absolute Gasteiger partial charge is 0.313 e. The third-order valence-corrected chi connectivity index (χ3v) is 3.96. The maximum atomic E-state index is 3.74. The fraction of sp³-hybridized carbons (Fsp3) is 1.00. The lowest BCUT2D eigenvalue weighted by Gasteiger charge is -2.24. The van der Waals surface area contributed by atoms with Gasteiger partial charge in [0.1, 0.15) is 0 Å². The molecule has 0 saturated carbocycles. The second-order valence-electron chi connectivity index (χ2n) is 5.91. The predicted molar refractivity (Wildman–Crippen MR) is 71.7 cm³/mol. The van der Waals surface area contributed by atoms with E-state index in [1.165, 1.54) is 32.5 Å². The fourth-order valence-corrected chi connectivity index (χ4v) is 2.67.